The highest BCUT2D eigenvalue weighted by molar-refractivity contribution is 5.80. The molecule has 0 bridgehead atoms. The van der Waals surface area contributed by atoms with Crippen molar-refractivity contribution in [2.24, 2.45) is 0 Å². The second kappa shape index (κ2) is 9.74. The molecule has 0 aliphatic rings. The number of unbranched alkanes of at least 4 members (excludes halogenated alkanes) is 1. The van der Waals surface area contributed by atoms with Crippen molar-refractivity contribution in [3.05, 3.63) is 0 Å². The lowest BCUT2D eigenvalue weighted by atomic mass is 10.1. The van der Waals surface area contributed by atoms with E-state index in [-0.39, 0.29) is 18.6 Å². The first-order chi connectivity index (χ1) is 8.54. The second-order valence-corrected chi connectivity index (χ2v) is 4.49. The van der Waals surface area contributed by atoms with E-state index in [2.05, 4.69) is 19.2 Å². The summed E-state index contributed by atoms with van der Waals surface area (Å²) in [5.74, 6) is -0.979. The molecule has 0 aliphatic carbocycles. The minimum atomic E-state index is -0.979. The number of amides is 2. The van der Waals surface area contributed by atoms with Crippen molar-refractivity contribution in [3.8, 4) is 0 Å². The molecule has 0 rings (SSSR count). The fraction of sp³-hybridized carbons (Fsp3) is 0.846. The summed E-state index contributed by atoms with van der Waals surface area (Å²) in [6.07, 6.45) is 5.09. The van der Waals surface area contributed by atoms with E-state index in [0.717, 1.165) is 32.1 Å². The van der Waals surface area contributed by atoms with Gasteiger partial charge in [0.15, 0.2) is 0 Å². The minimum absolute atomic E-state index is 0.158. The van der Waals surface area contributed by atoms with E-state index < -0.39 is 5.97 Å². The zero-order valence-electron chi connectivity index (χ0n) is 11.7. The Morgan fingerprint density at radius 2 is 1.83 bits per heavy atom. The van der Waals surface area contributed by atoms with Crippen LogP contribution in [0.15, 0.2) is 0 Å². The standard InChI is InChI=1S/C13H26N2O3/c1-4-7-9-11(8-5-2)14-13(18)15(6-3)10-12(16)17/h11H,4-10H2,1-3H3,(H,14,18)(H,16,17). The van der Waals surface area contributed by atoms with Crippen LogP contribution < -0.4 is 5.32 Å². The molecule has 0 aliphatic heterocycles. The van der Waals surface area contributed by atoms with Gasteiger partial charge in [-0.1, -0.05) is 33.1 Å². The molecule has 0 aromatic heterocycles. The average Bonchev–Trinajstić information content (AvgIpc) is 2.32. The van der Waals surface area contributed by atoms with Crippen LogP contribution in [-0.4, -0.2) is 41.1 Å². The number of nitrogens with zero attached hydrogens (tertiary/aromatic N) is 1. The predicted octanol–water partition coefficient (Wildman–Crippen LogP) is 2.46. The number of carboxylic acids is 1. The van der Waals surface area contributed by atoms with Crippen molar-refractivity contribution in [3.63, 3.8) is 0 Å². The Labute approximate surface area is 110 Å². The molecule has 0 aromatic carbocycles. The van der Waals surface area contributed by atoms with Gasteiger partial charge in [0, 0.05) is 12.6 Å². The fourth-order valence-electron chi connectivity index (χ4n) is 1.84. The largest absolute Gasteiger partial charge is 0.480 e. The maximum absolute atomic E-state index is 11.9. The van der Waals surface area contributed by atoms with E-state index in [4.69, 9.17) is 5.11 Å². The number of likely N-dealkylation sites (N-methyl/N-ethyl adjacent to an activating group) is 1. The Balaban J connectivity index is 4.31. The molecule has 0 saturated carbocycles. The van der Waals surface area contributed by atoms with Crippen LogP contribution in [-0.2, 0) is 4.79 Å². The normalized spacial score (nSPS) is 11.9. The third-order valence-corrected chi connectivity index (χ3v) is 2.87. The highest BCUT2D eigenvalue weighted by Crippen LogP contribution is 2.07. The SMILES string of the molecule is CCCCC(CCC)NC(=O)N(CC)CC(=O)O. The molecule has 5 heteroatoms. The Kier molecular flexibility index (Phi) is 9.06. The first-order valence-corrected chi connectivity index (χ1v) is 6.82. The number of carbonyl (C=O) groups is 2. The quantitative estimate of drug-likeness (QED) is 0.667. The van der Waals surface area contributed by atoms with Gasteiger partial charge in [0.2, 0.25) is 0 Å². The Morgan fingerprint density at radius 1 is 1.17 bits per heavy atom. The van der Waals surface area contributed by atoms with Gasteiger partial charge in [-0.3, -0.25) is 4.79 Å². The summed E-state index contributed by atoms with van der Waals surface area (Å²) in [6, 6.07) is -0.111. The van der Waals surface area contributed by atoms with Crippen LogP contribution in [0.3, 0.4) is 0 Å². The molecular weight excluding hydrogens is 232 g/mol. The Hall–Kier alpha value is -1.26. The lowest BCUT2D eigenvalue weighted by molar-refractivity contribution is -0.137. The second-order valence-electron chi connectivity index (χ2n) is 4.49. The summed E-state index contributed by atoms with van der Waals surface area (Å²) in [5.41, 5.74) is 0. The van der Waals surface area contributed by atoms with Crippen molar-refractivity contribution >= 4 is 12.0 Å². The van der Waals surface area contributed by atoms with E-state index in [1.807, 2.05) is 0 Å². The predicted molar refractivity (Wildman–Crippen MR) is 71.6 cm³/mol. The first-order valence-electron chi connectivity index (χ1n) is 6.82. The van der Waals surface area contributed by atoms with Gasteiger partial charge in [-0.15, -0.1) is 0 Å². The third-order valence-electron chi connectivity index (χ3n) is 2.87. The fourth-order valence-corrected chi connectivity index (χ4v) is 1.84. The highest BCUT2D eigenvalue weighted by atomic mass is 16.4. The van der Waals surface area contributed by atoms with E-state index in [9.17, 15) is 9.59 Å². The average molecular weight is 258 g/mol. The number of hydrogen-bond donors (Lipinski definition) is 2. The lowest BCUT2D eigenvalue weighted by Crippen LogP contribution is -2.46. The number of nitrogens with one attached hydrogen (secondary N) is 1. The van der Waals surface area contributed by atoms with Gasteiger partial charge in [-0.2, -0.15) is 0 Å². The molecule has 2 amide bonds. The molecule has 0 radical (unpaired) electrons. The van der Waals surface area contributed by atoms with E-state index in [1.54, 1.807) is 6.92 Å². The van der Waals surface area contributed by atoms with Crippen LogP contribution in [0.1, 0.15) is 52.9 Å². The molecular formula is C13H26N2O3. The molecule has 1 atom stereocenters. The molecule has 0 saturated heterocycles. The topological polar surface area (TPSA) is 69.6 Å². The number of carbonyl (C=O) groups excluding carboxylic acids is 1. The summed E-state index contributed by atoms with van der Waals surface area (Å²) < 4.78 is 0. The van der Waals surface area contributed by atoms with Crippen molar-refractivity contribution in [2.75, 3.05) is 13.1 Å². The maximum Gasteiger partial charge on any atom is 0.323 e. The number of hydrogen-bond acceptors (Lipinski definition) is 2. The molecule has 106 valence electrons. The van der Waals surface area contributed by atoms with Gasteiger partial charge < -0.3 is 15.3 Å². The van der Waals surface area contributed by atoms with E-state index in [0.29, 0.717) is 6.54 Å². The number of rotatable bonds is 9. The molecule has 0 fully saturated rings. The smallest absolute Gasteiger partial charge is 0.323 e. The van der Waals surface area contributed by atoms with Gasteiger partial charge in [0.05, 0.1) is 0 Å². The zero-order valence-corrected chi connectivity index (χ0v) is 11.7. The molecule has 0 spiro atoms. The molecule has 18 heavy (non-hydrogen) atoms. The molecule has 2 N–H and O–H groups in total. The van der Waals surface area contributed by atoms with Crippen molar-refractivity contribution in [1.82, 2.24) is 10.2 Å². The zero-order chi connectivity index (χ0) is 14.0. The molecule has 5 nitrogen and oxygen atoms in total. The Morgan fingerprint density at radius 3 is 2.28 bits per heavy atom. The third kappa shape index (κ3) is 7.14. The van der Waals surface area contributed by atoms with Gasteiger partial charge in [-0.25, -0.2) is 4.79 Å². The highest BCUT2D eigenvalue weighted by Gasteiger charge is 2.18. The monoisotopic (exact) mass is 258 g/mol. The van der Waals surface area contributed by atoms with Crippen molar-refractivity contribution in [2.45, 2.75) is 58.9 Å². The van der Waals surface area contributed by atoms with Crippen LogP contribution >= 0.6 is 0 Å². The van der Waals surface area contributed by atoms with Gasteiger partial charge in [0.25, 0.3) is 0 Å². The van der Waals surface area contributed by atoms with Crippen molar-refractivity contribution in [1.29, 1.82) is 0 Å². The van der Waals surface area contributed by atoms with Crippen LogP contribution in [0, 0.1) is 0 Å². The molecule has 1 unspecified atom stereocenters. The molecule has 0 aromatic rings. The summed E-state index contributed by atoms with van der Waals surface area (Å²) in [6.45, 7) is 6.15. The summed E-state index contributed by atoms with van der Waals surface area (Å²) in [5, 5.41) is 11.7. The number of aliphatic carboxylic acids is 1. The van der Waals surface area contributed by atoms with Gasteiger partial charge >= 0.3 is 12.0 Å². The van der Waals surface area contributed by atoms with Crippen LogP contribution in [0.5, 0.6) is 0 Å². The summed E-state index contributed by atoms with van der Waals surface area (Å²) in [7, 11) is 0. The first kappa shape index (κ1) is 16.7. The van der Waals surface area contributed by atoms with Gasteiger partial charge in [0.1, 0.15) is 6.54 Å². The van der Waals surface area contributed by atoms with Crippen LogP contribution in [0.2, 0.25) is 0 Å². The summed E-state index contributed by atoms with van der Waals surface area (Å²) >= 11 is 0. The molecule has 0 heterocycles. The maximum atomic E-state index is 11.9. The summed E-state index contributed by atoms with van der Waals surface area (Å²) in [4.78, 5) is 23.9. The van der Waals surface area contributed by atoms with E-state index in [1.165, 1.54) is 4.90 Å². The Bertz CT molecular complexity index is 257. The lowest BCUT2D eigenvalue weighted by Gasteiger charge is -2.24. The van der Waals surface area contributed by atoms with Gasteiger partial charge in [-0.05, 0) is 19.8 Å². The number of urea groups is 1. The van der Waals surface area contributed by atoms with E-state index >= 15 is 0 Å². The van der Waals surface area contributed by atoms with Crippen molar-refractivity contribution < 1.29 is 14.7 Å². The number of carboxylic acid groups (broad SMARTS) is 1. The van der Waals surface area contributed by atoms with Crippen LogP contribution in [0.25, 0.3) is 0 Å². The van der Waals surface area contributed by atoms with Crippen LogP contribution in [0.4, 0.5) is 4.79 Å². The minimum Gasteiger partial charge on any atom is -0.480 e.